The van der Waals surface area contributed by atoms with E-state index in [0.29, 0.717) is 5.69 Å². The van der Waals surface area contributed by atoms with E-state index < -0.39 is 11.5 Å². The molecule has 1 aromatic carbocycles. The van der Waals surface area contributed by atoms with Crippen LogP contribution in [0.2, 0.25) is 0 Å². The van der Waals surface area contributed by atoms with E-state index in [0.717, 1.165) is 5.56 Å². The van der Waals surface area contributed by atoms with Gasteiger partial charge in [0.2, 0.25) is 11.8 Å². The van der Waals surface area contributed by atoms with Crippen molar-refractivity contribution in [3.8, 4) is 0 Å². The normalized spacial score (nSPS) is 12.8. The molecule has 3 N–H and O–H groups in total. The minimum absolute atomic E-state index is 0. The third-order valence-corrected chi connectivity index (χ3v) is 2.40. The van der Waals surface area contributed by atoms with Crippen molar-refractivity contribution in [1.29, 1.82) is 0 Å². The quantitative estimate of drug-likeness (QED) is 0.713. The van der Waals surface area contributed by atoms with Gasteiger partial charge in [-0.05, 0) is 6.92 Å². The molecule has 103 valence electrons. The van der Waals surface area contributed by atoms with Gasteiger partial charge in [-0.2, -0.15) is 23.8 Å². The van der Waals surface area contributed by atoms with Gasteiger partial charge in [-0.15, -0.1) is 6.07 Å². The predicted molar refractivity (Wildman–Crippen MR) is 68.0 cm³/mol. The summed E-state index contributed by atoms with van der Waals surface area (Å²) in [6.07, 6.45) is 0. The number of nitrogens with one attached hydrogen (secondary N) is 2. The first-order valence-corrected chi connectivity index (χ1v) is 5.58. The molecule has 0 aliphatic rings. The van der Waals surface area contributed by atoms with Gasteiger partial charge in [0.25, 0.3) is 0 Å². The molecule has 1 aromatic rings. The maximum absolute atomic E-state index is 11.8. The summed E-state index contributed by atoms with van der Waals surface area (Å²) < 4.78 is 0. The van der Waals surface area contributed by atoms with Crippen molar-refractivity contribution in [2.75, 3.05) is 11.9 Å². The minimum Gasteiger partial charge on any atom is -0.378 e. The Morgan fingerprint density at radius 2 is 2.05 bits per heavy atom. The average Bonchev–Trinajstić information content (AvgIpc) is 2.29. The zero-order chi connectivity index (χ0) is 13.8. The molecule has 1 atom stereocenters. The van der Waals surface area contributed by atoms with Crippen molar-refractivity contribution in [3.05, 3.63) is 29.8 Å². The monoisotopic (exact) mass is 300 g/mol. The summed E-state index contributed by atoms with van der Waals surface area (Å²) in [6, 6.07) is 8.09. The SMILES string of the molecule is CC(=O)NCC(C)(O)C(=O)Nc1c[c-]c(C)cc1.[V]. The summed E-state index contributed by atoms with van der Waals surface area (Å²) >= 11 is 0. The third-order valence-electron chi connectivity index (χ3n) is 2.40. The van der Waals surface area contributed by atoms with Gasteiger partial charge >= 0.3 is 0 Å². The number of carbonyl (C=O) groups is 2. The van der Waals surface area contributed by atoms with Crippen LogP contribution in [0, 0.1) is 13.0 Å². The number of carbonyl (C=O) groups excluding carboxylic acids is 2. The van der Waals surface area contributed by atoms with Crippen molar-refractivity contribution >= 4 is 17.5 Å². The first-order chi connectivity index (χ1) is 8.31. The van der Waals surface area contributed by atoms with Crippen molar-refractivity contribution in [2.24, 2.45) is 0 Å². The molecule has 0 aliphatic heterocycles. The second-order valence-electron chi connectivity index (χ2n) is 4.40. The van der Waals surface area contributed by atoms with Gasteiger partial charge in [0.05, 0.1) is 6.54 Å². The molecule has 0 bridgehead atoms. The molecule has 0 saturated heterocycles. The smallest absolute Gasteiger partial charge is 0.247 e. The first-order valence-electron chi connectivity index (χ1n) is 5.58. The van der Waals surface area contributed by atoms with E-state index >= 15 is 0 Å². The number of anilines is 1. The summed E-state index contributed by atoms with van der Waals surface area (Å²) in [7, 11) is 0. The zero-order valence-electron chi connectivity index (χ0n) is 11.2. The number of hydrogen-bond donors (Lipinski definition) is 3. The molecule has 1 radical (unpaired) electrons. The van der Waals surface area contributed by atoms with Gasteiger partial charge in [-0.1, -0.05) is 12.6 Å². The average molecular weight is 300 g/mol. The Balaban J connectivity index is 0.00000324. The number of rotatable bonds is 4. The standard InChI is InChI=1S/C13H17N2O3.V/c1-9-4-6-11(7-5-9)15-12(17)13(3,18)8-14-10(2)16;/h4,6-7,18H,8H2,1-3H3,(H,14,16)(H,15,17);/q-1;. The van der Waals surface area contributed by atoms with Crippen LogP contribution in [0.5, 0.6) is 0 Å². The number of hydrogen-bond acceptors (Lipinski definition) is 3. The van der Waals surface area contributed by atoms with Gasteiger partial charge in [0, 0.05) is 25.5 Å². The summed E-state index contributed by atoms with van der Waals surface area (Å²) in [4.78, 5) is 22.6. The molecule has 0 saturated carbocycles. The van der Waals surface area contributed by atoms with Crippen LogP contribution in [0.15, 0.2) is 18.2 Å². The van der Waals surface area contributed by atoms with Crippen molar-refractivity contribution in [2.45, 2.75) is 26.4 Å². The van der Waals surface area contributed by atoms with E-state index in [1.165, 1.54) is 13.8 Å². The molecular formula is C13H17N2O3V-. The van der Waals surface area contributed by atoms with Gasteiger partial charge in [0.1, 0.15) is 0 Å². The van der Waals surface area contributed by atoms with Crippen LogP contribution in [0.4, 0.5) is 5.69 Å². The number of aliphatic hydroxyl groups is 1. The molecule has 5 nitrogen and oxygen atoms in total. The van der Waals surface area contributed by atoms with Gasteiger partial charge < -0.3 is 15.7 Å². The zero-order valence-corrected chi connectivity index (χ0v) is 12.5. The topological polar surface area (TPSA) is 78.4 Å². The van der Waals surface area contributed by atoms with E-state index in [1.807, 2.05) is 6.92 Å². The molecule has 1 rings (SSSR count). The molecular weight excluding hydrogens is 283 g/mol. The largest absolute Gasteiger partial charge is 0.378 e. The molecule has 19 heavy (non-hydrogen) atoms. The summed E-state index contributed by atoms with van der Waals surface area (Å²) in [6.45, 7) is 4.42. The van der Waals surface area contributed by atoms with E-state index in [9.17, 15) is 14.7 Å². The minimum atomic E-state index is -1.66. The maximum atomic E-state index is 11.8. The number of benzene rings is 1. The molecule has 0 heterocycles. The van der Waals surface area contributed by atoms with Crippen molar-refractivity contribution in [1.82, 2.24) is 5.32 Å². The van der Waals surface area contributed by atoms with Crippen LogP contribution in [0.1, 0.15) is 19.4 Å². The van der Waals surface area contributed by atoms with Crippen LogP contribution in [-0.2, 0) is 28.1 Å². The summed E-state index contributed by atoms with van der Waals surface area (Å²) in [5, 5.41) is 14.9. The van der Waals surface area contributed by atoms with Crippen LogP contribution < -0.4 is 10.6 Å². The second-order valence-corrected chi connectivity index (χ2v) is 4.40. The molecule has 6 heteroatoms. The molecule has 0 aliphatic carbocycles. The fraction of sp³-hybridized carbons (Fsp3) is 0.385. The van der Waals surface area contributed by atoms with E-state index in [1.54, 1.807) is 18.2 Å². The van der Waals surface area contributed by atoms with Crippen LogP contribution in [-0.4, -0.2) is 29.1 Å². The van der Waals surface area contributed by atoms with E-state index in [-0.39, 0.29) is 31.0 Å². The Morgan fingerprint density at radius 1 is 1.42 bits per heavy atom. The Hall–Kier alpha value is -1.30. The predicted octanol–water partition coefficient (Wildman–Crippen LogP) is 0.618. The van der Waals surface area contributed by atoms with Crippen molar-refractivity contribution in [3.63, 3.8) is 0 Å². The van der Waals surface area contributed by atoms with Crippen molar-refractivity contribution < 1.29 is 33.3 Å². The fourth-order valence-electron chi connectivity index (χ4n) is 1.22. The number of amides is 2. The third kappa shape index (κ3) is 5.92. The Morgan fingerprint density at radius 3 is 2.53 bits per heavy atom. The fourth-order valence-corrected chi connectivity index (χ4v) is 1.22. The first kappa shape index (κ1) is 17.7. The molecule has 0 fully saturated rings. The second kappa shape index (κ2) is 7.33. The molecule has 1 unspecified atom stereocenters. The van der Waals surface area contributed by atoms with E-state index in [2.05, 4.69) is 16.7 Å². The van der Waals surface area contributed by atoms with E-state index in [4.69, 9.17) is 0 Å². The summed E-state index contributed by atoms with van der Waals surface area (Å²) in [5.41, 5.74) is -0.150. The molecule has 0 spiro atoms. The van der Waals surface area contributed by atoms with Crippen LogP contribution in [0.25, 0.3) is 0 Å². The van der Waals surface area contributed by atoms with Crippen LogP contribution in [0.3, 0.4) is 0 Å². The van der Waals surface area contributed by atoms with Gasteiger partial charge in [0.15, 0.2) is 5.60 Å². The number of aryl methyl sites for hydroxylation is 1. The van der Waals surface area contributed by atoms with Gasteiger partial charge in [-0.25, -0.2) is 0 Å². The molecule has 2 amide bonds. The molecule has 0 aromatic heterocycles. The Bertz CT molecular complexity index is 444. The Kier molecular flexibility index (Phi) is 6.83. The van der Waals surface area contributed by atoms with Crippen LogP contribution >= 0.6 is 0 Å². The van der Waals surface area contributed by atoms with Gasteiger partial charge in [-0.3, -0.25) is 9.59 Å². The Labute approximate surface area is 124 Å². The maximum Gasteiger partial charge on any atom is 0.247 e. The summed E-state index contributed by atoms with van der Waals surface area (Å²) in [5.74, 6) is -0.875.